The summed E-state index contributed by atoms with van der Waals surface area (Å²) in [7, 11) is 1.59. The molecule has 13 heteroatoms. The summed E-state index contributed by atoms with van der Waals surface area (Å²) in [4.78, 5) is 14.9. The minimum absolute atomic E-state index is 0.0395. The zero-order valence-corrected chi connectivity index (χ0v) is 16.8. The normalized spacial score (nSPS) is 14.7. The van der Waals surface area contributed by atoms with Crippen LogP contribution in [-0.2, 0) is 11.3 Å². The number of hydrogen-bond acceptors (Lipinski definition) is 11. The highest BCUT2D eigenvalue weighted by atomic mass is 16.6. The molecule has 162 valence electrons. The Kier molecular flexibility index (Phi) is 6.14. The molecule has 1 aromatic carbocycles. The lowest BCUT2D eigenvalue weighted by Gasteiger charge is -2.26. The Morgan fingerprint density at radius 2 is 2.06 bits per heavy atom. The number of hydrogen-bond donors (Lipinski definition) is 2. The van der Waals surface area contributed by atoms with Gasteiger partial charge in [0.1, 0.15) is 5.75 Å². The maximum atomic E-state index is 12.8. The number of morpholine rings is 1. The molecule has 31 heavy (non-hydrogen) atoms. The number of nitrogen functional groups attached to an aromatic ring is 1. The number of anilines is 1. The van der Waals surface area contributed by atoms with Crippen LogP contribution in [0, 0.1) is 0 Å². The summed E-state index contributed by atoms with van der Waals surface area (Å²) >= 11 is 0. The van der Waals surface area contributed by atoms with Crippen LogP contribution in [0.5, 0.6) is 5.75 Å². The Morgan fingerprint density at radius 3 is 2.74 bits per heavy atom. The van der Waals surface area contributed by atoms with E-state index >= 15 is 0 Å². The number of carbonyl (C=O) groups excluding carboxylic acids is 1. The Morgan fingerprint density at radius 1 is 1.29 bits per heavy atom. The van der Waals surface area contributed by atoms with E-state index in [0.29, 0.717) is 38.5 Å². The molecule has 1 fully saturated rings. The number of amides is 1. The molecule has 1 aliphatic rings. The molecule has 1 aliphatic heterocycles. The molecular formula is C18H21N9O4. The highest BCUT2D eigenvalue weighted by Gasteiger charge is 2.26. The van der Waals surface area contributed by atoms with Crippen molar-refractivity contribution in [2.45, 2.75) is 6.54 Å². The molecule has 3 aromatic rings. The van der Waals surface area contributed by atoms with E-state index in [1.165, 1.54) is 10.9 Å². The van der Waals surface area contributed by atoms with Crippen molar-refractivity contribution in [3.63, 3.8) is 0 Å². The first-order chi connectivity index (χ1) is 15.2. The van der Waals surface area contributed by atoms with Crippen molar-refractivity contribution < 1.29 is 18.9 Å². The van der Waals surface area contributed by atoms with Crippen LogP contribution in [0.2, 0.25) is 0 Å². The average Bonchev–Trinajstić information content (AvgIpc) is 3.40. The van der Waals surface area contributed by atoms with E-state index in [0.717, 1.165) is 11.3 Å². The number of aromatic nitrogens is 5. The minimum Gasteiger partial charge on any atom is -0.497 e. The van der Waals surface area contributed by atoms with Crippen LogP contribution in [0.3, 0.4) is 0 Å². The first kappa shape index (κ1) is 20.4. The van der Waals surface area contributed by atoms with E-state index in [9.17, 15) is 4.79 Å². The van der Waals surface area contributed by atoms with Gasteiger partial charge in [0.15, 0.2) is 5.69 Å². The Bertz CT molecular complexity index is 1050. The minimum atomic E-state index is -0.519. The molecule has 13 nitrogen and oxygen atoms in total. The molecule has 0 radical (unpaired) electrons. The monoisotopic (exact) mass is 427 g/mol. The van der Waals surface area contributed by atoms with E-state index < -0.39 is 5.91 Å². The van der Waals surface area contributed by atoms with E-state index in [-0.39, 0.29) is 17.3 Å². The smallest absolute Gasteiger partial charge is 0.293 e. The highest BCUT2D eigenvalue weighted by molar-refractivity contribution is 5.94. The second-order valence-electron chi connectivity index (χ2n) is 6.63. The molecule has 0 aliphatic carbocycles. The highest BCUT2D eigenvalue weighted by Crippen LogP contribution is 2.18. The number of nitrogens with two attached hydrogens (primary N) is 1. The second kappa shape index (κ2) is 9.32. The molecule has 0 bridgehead atoms. The van der Waals surface area contributed by atoms with Gasteiger partial charge in [0.05, 0.1) is 32.2 Å². The molecule has 3 heterocycles. The maximum Gasteiger partial charge on any atom is 0.293 e. The van der Waals surface area contributed by atoms with Crippen molar-refractivity contribution in [3.05, 3.63) is 41.2 Å². The van der Waals surface area contributed by atoms with E-state index in [1.807, 2.05) is 12.1 Å². The standard InChI is InChI=1S/C18H21N9O4/c1-29-13-4-2-12(3-5-13)10-20-22-18(28)15-14(11-26-6-8-30-9-7-26)27(25-21-15)17-16(19)23-31-24-17/h2-5,10H,6-9,11H2,1H3,(H2,19,23)(H,22,28)/b20-10+. The third-order valence-electron chi connectivity index (χ3n) is 4.65. The van der Waals surface area contributed by atoms with Crippen molar-refractivity contribution in [3.8, 4) is 11.6 Å². The predicted octanol–water partition coefficient (Wildman–Crippen LogP) is -0.163. The summed E-state index contributed by atoms with van der Waals surface area (Å²) in [5, 5.41) is 19.4. The number of methoxy groups -OCH3 is 1. The molecular weight excluding hydrogens is 406 g/mol. The first-order valence-electron chi connectivity index (χ1n) is 9.46. The summed E-state index contributed by atoms with van der Waals surface area (Å²) < 4.78 is 16.5. The molecule has 1 amide bonds. The lowest BCUT2D eigenvalue weighted by atomic mass is 10.2. The summed E-state index contributed by atoms with van der Waals surface area (Å²) in [5.41, 5.74) is 9.66. The van der Waals surface area contributed by atoms with Gasteiger partial charge in [-0.15, -0.1) is 5.10 Å². The van der Waals surface area contributed by atoms with Crippen LogP contribution in [-0.4, -0.2) is 75.7 Å². The van der Waals surface area contributed by atoms with Gasteiger partial charge < -0.3 is 15.2 Å². The predicted molar refractivity (Wildman–Crippen MR) is 108 cm³/mol. The van der Waals surface area contributed by atoms with Gasteiger partial charge in [-0.05, 0) is 40.1 Å². The molecule has 4 rings (SSSR count). The Labute approximate surface area is 176 Å². The van der Waals surface area contributed by atoms with Crippen LogP contribution >= 0.6 is 0 Å². The Hall–Kier alpha value is -3.84. The van der Waals surface area contributed by atoms with Crippen molar-refractivity contribution in [1.29, 1.82) is 0 Å². The fraction of sp³-hybridized carbons (Fsp3) is 0.333. The van der Waals surface area contributed by atoms with Gasteiger partial charge in [0.25, 0.3) is 5.91 Å². The van der Waals surface area contributed by atoms with Crippen LogP contribution in [0.25, 0.3) is 5.82 Å². The zero-order chi connectivity index (χ0) is 21.6. The van der Waals surface area contributed by atoms with Crippen LogP contribution in [0.15, 0.2) is 34.0 Å². The third kappa shape index (κ3) is 4.67. The largest absolute Gasteiger partial charge is 0.497 e. The zero-order valence-electron chi connectivity index (χ0n) is 16.8. The lowest BCUT2D eigenvalue weighted by Crippen LogP contribution is -2.37. The average molecular weight is 427 g/mol. The van der Waals surface area contributed by atoms with E-state index in [2.05, 4.69) is 40.7 Å². The fourth-order valence-electron chi connectivity index (χ4n) is 3.01. The van der Waals surface area contributed by atoms with Crippen LogP contribution in [0.4, 0.5) is 5.82 Å². The number of rotatable bonds is 7. The lowest BCUT2D eigenvalue weighted by molar-refractivity contribution is 0.0332. The second-order valence-corrected chi connectivity index (χ2v) is 6.63. The Balaban J connectivity index is 1.54. The summed E-state index contributed by atoms with van der Waals surface area (Å²) in [6.45, 7) is 2.99. The van der Waals surface area contributed by atoms with Crippen molar-refractivity contribution >= 4 is 17.9 Å². The molecule has 1 saturated heterocycles. The summed E-state index contributed by atoms with van der Waals surface area (Å²) in [6, 6.07) is 7.22. The molecule has 0 atom stereocenters. The van der Waals surface area contributed by atoms with Crippen LogP contribution < -0.4 is 15.9 Å². The summed E-state index contributed by atoms with van der Waals surface area (Å²) in [6.07, 6.45) is 1.52. The van der Waals surface area contributed by atoms with E-state index in [1.54, 1.807) is 19.2 Å². The number of hydrazone groups is 1. The third-order valence-corrected chi connectivity index (χ3v) is 4.65. The number of nitrogens with zero attached hydrogens (tertiary/aromatic N) is 7. The van der Waals surface area contributed by atoms with Gasteiger partial charge in [0, 0.05) is 19.6 Å². The fourth-order valence-corrected chi connectivity index (χ4v) is 3.01. The number of nitrogens with one attached hydrogen (secondary N) is 1. The van der Waals surface area contributed by atoms with Gasteiger partial charge in [-0.25, -0.2) is 10.1 Å². The summed E-state index contributed by atoms with van der Waals surface area (Å²) in [5.74, 6) is 0.413. The number of benzene rings is 1. The van der Waals surface area contributed by atoms with Gasteiger partial charge in [0.2, 0.25) is 11.6 Å². The molecule has 2 aromatic heterocycles. The SMILES string of the molecule is COc1ccc(/C=N/NC(=O)c2nnn(-c3nonc3N)c2CN2CCOCC2)cc1. The number of carbonyl (C=O) groups is 1. The van der Waals surface area contributed by atoms with Crippen molar-refractivity contribution in [2.24, 2.45) is 5.10 Å². The van der Waals surface area contributed by atoms with Gasteiger partial charge in [-0.2, -0.15) is 9.78 Å². The topological polar surface area (TPSA) is 159 Å². The molecule has 3 N–H and O–H groups in total. The molecule has 0 unspecified atom stereocenters. The molecule has 0 spiro atoms. The van der Waals surface area contributed by atoms with Crippen molar-refractivity contribution in [1.82, 2.24) is 35.6 Å². The quantitative estimate of drug-likeness (QED) is 0.383. The van der Waals surface area contributed by atoms with E-state index in [4.69, 9.17) is 15.2 Å². The van der Waals surface area contributed by atoms with Gasteiger partial charge in [-0.1, -0.05) is 5.21 Å². The first-order valence-corrected chi connectivity index (χ1v) is 9.46. The van der Waals surface area contributed by atoms with Crippen LogP contribution in [0.1, 0.15) is 21.7 Å². The van der Waals surface area contributed by atoms with Gasteiger partial charge >= 0.3 is 0 Å². The molecule has 0 saturated carbocycles. The number of ether oxygens (including phenoxy) is 2. The van der Waals surface area contributed by atoms with Crippen molar-refractivity contribution in [2.75, 3.05) is 39.1 Å². The maximum absolute atomic E-state index is 12.8. The van der Waals surface area contributed by atoms with Gasteiger partial charge in [-0.3, -0.25) is 9.69 Å².